The number of nitrogens with zero attached hydrogens (tertiary/aromatic N) is 1. The fourth-order valence-electron chi connectivity index (χ4n) is 0.537. The third-order valence-corrected chi connectivity index (χ3v) is 3.61. The van der Waals surface area contributed by atoms with Gasteiger partial charge in [-0.1, -0.05) is 0 Å². The molecule has 0 saturated carbocycles. The van der Waals surface area contributed by atoms with Crippen LogP contribution in [0.15, 0.2) is 26.2 Å². The lowest BCUT2D eigenvalue weighted by molar-refractivity contribution is 0.551. The first-order chi connectivity index (χ1) is 5.41. The van der Waals surface area contributed by atoms with Crippen LogP contribution in [0.3, 0.4) is 0 Å². The molecule has 7 heteroatoms. The molecule has 0 aliphatic heterocycles. The van der Waals surface area contributed by atoms with E-state index < -0.39 is 15.1 Å². The van der Waals surface area contributed by atoms with Gasteiger partial charge in [0.15, 0.2) is 0 Å². The molecular formula is C5H2Br2FNO2S. The molecule has 66 valence electrons. The summed E-state index contributed by atoms with van der Waals surface area (Å²) >= 11 is 6.02. The lowest BCUT2D eigenvalue weighted by Gasteiger charge is -1.96. The average Bonchev–Trinajstić information content (AvgIpc) is 1.92. The second kappa shape index (κ2) is 3.39. The summed E-state index contributed by atoms with van der Waals surface area (Å²) in [5.41, 5.74) is 0. The Bertz CT molecular complexity index is 406. The minimum Gasteiger partial charge on any atom is -0.247 e. The van der Waals surface area contributed by atoms with Crippen LogP contribution in [0.25, 0.3) is 0 Å². The van der Waals surface area contributed by atoms with E-state index in [0.717, 1.165) is 12.3 Å². The maximum Gasteiger partial charge on any atom is 0.333 e. The van der Waals surface area contributed by atoms with E-state index in [4.69, 9.17) is 0 Å². The van der Waals surface area contributed by atoms with Crippen LogP contribution in [0, 0.1) is 0 Å². The first-order valence-electron chi connectivity index (χ1n) is 2.67. The summed E-state index contributed by atoms with van der Waals surface area (Å²) < 4.78 is 33.9. The van der Waals surface area contributed by atoms with Crippen LogP contribution in [0.1, 0.15) is 0 Å². The topological polar surface area (TPSA) is 47.0 Å². The predicted molar refractivity (Wildman–Crippen MR) is 47.9 cm³/mol. The van der Waals surface area contributed by atoms with Crippen LogP contribution in [-0.4, -0.2) is 13.4 Å². The lowest BCUT2D eigenvalue weighted by atomic mass is 10.5. The fourth-order valence-corrected chi connectivity index (χ4v) is 1.69. The largest absolute Gasteiger partial charge is 0.333 e. The van der Waals surface area contributed by atoms with Crippen LogP contribution in [-0.2, 0) is 10.2 Å². The zero-order valence-corrected chi connectivity index (χ0v) is 9.45. The Balaban J connectivity index is 3.33. The van der Waals surface area contributed by atoms with E-state index in [0.29, 0.717) is 9.08 Å². The first-order valence-corrected chi connectivity index (χ1v) is 5.64. The highest BCUT2D eigenvalue weighted by molar-refractivity contribution is 9.13. The van der Waals surface area contributed by atoms with Crippen LogP contribution in [0.4, 0.5) is 3.89 Å². The lowest BCUT2D eigenvalue weighted by Crippen LogP contribution is -1.93. The van der Waals surface area contributed by atoms with Gasteiger partial charge in [0.1, 0.15) is 9.50 Å². The molecule has 0 aliphatic carbocycles. The highest BCUT2D eigenvalue weighted by Gasteiger charge is 2.13. The van der Waals surface area contributed by atoms with Crippen molar-refractivity contribution in [1.29, 1.82) is 0 Å². The SMILES string of the molecule is O=S(=O)(F)c1cnc(Br)c(Br)c1. The molecule has 0 spiro atoms. The first kappa shape index (κ1) is 10.1. The van der Waals surface area contributed by atoms with Gasteiger partial charge in [-0.15, -0.1) is 3.89 Å². The summed E-state index contributed by atoms with van der Waals surface area (Å²) in [6.07, 6.45) is 0.935. The van der Waals surface area contributed by atoms with Crippen molar-refractivity contribution in [2.75, 3.05) is 0 Å². The second-order valence-corrected chi connectivity index (χ2v) is 4.83. The van der Waals surface area contributed by atoms with E-state index in [9.17, 15) is 12.3 Å². The Labute approximate surface area is 85.5 Å². The fraction of sp³-hybridized carbons (Fsp3) is 0. The standard InChI is InChI=1S/C5H2Br2FNO2S/c6-4-1-3(12(8,10)11)2-9-5(4)7/h1-2H. The highest BCUT2D eigenvalue weighted by Crippen LogP contribution is 2.23. The predicted octanol–water partition coefficient (Wildman–Crippen LogP) is 2.26. The van der Waals surface area contributed by atoms with Gasteiger partial charge in [0.05, 0.1) is 4.47 Å². The van der Waals surface area contributed by atoms with Gasteiger partial charge in [-0.05, 0) is 37.9 Å². The van der Waals surface area contributed by atoms with Crippen molar-refractivity contribution < 1.29 is 12.3 Å². The smallest absolute Gasteiger partial charge is 0.247 e. The molecule has 0 aromatic carbocycles. The summed E-state index contributed by atoms with van der Waals surface area (Å²) in [4.78, 5) is 3.14. The molecule has 0 unspecified atom stereocenters. The van der Waals surface area contributed by atoms with Crippen molar-refractivity contribution in [2.24, 2.45) is 0 Å². The number of hydrogen-bond acceptors (Lipinski definition) is 3. The van der Waals surface area contributed by atoms with Crippen LogP contribution < -0.4 is 0 Å². The van der Waals surface area contributed by atoms with Crippen molar-refractivity contribution >= 4 is 42.1 Å². The van der Waals surface area contributed by atoms with E-state index in [1.54, 1.807) is 0 Å². The van der Waals surface area contributed by atoms with Gasteiger partial charge in [0.25, 0.3) is 0 Å². The normalized spacial score (nSPS) is 11.6. The van der Waals surface area contributed by atoms with Crippen molar-refractivity contribution in [3.05, 3.63) is 21.3 Å². The Morgan fingerprint density at radius 1 is 1.42 bits per heavy atom. The Hall–Kier alpha value is -0.0100. The summed E-state index contributed by atoms with van der Waals surface area (Å²) in [7, 11) is -4.66. The third-order valence-electron chi connectivity index (χ3n) is 1.05. The molecule has 1 aromatic rings. The van der Waals surface area contributed by atoms with Crippen LogP contribution in [0.2, 0.25) is 0 Å². The molecule has 1 rings (SSSR count). The summed E-state index contributed by atoms with van der Waals surface area (Å²) in [5, 5.41) is 0. The van der Waals surface area contributed by atoms with Crippen molar-refractivity contribution in [1.82, 2.24) is 4.98 Å². The Morgan fingerprint density at radius 3 is 2.42 bits per heavy atom. The molecule has 1 heterocycles. The van der Waals surface area contributed by atoms with Crippen LogP contribution in [0.5, 0.6) is 0 Å². The van der Waals surface area contributed by atoms with Gasteiger partial charge in [-0.3, -0.25) is 0 Å². The minimum atomic E-state index is -4.66. The van der Waals surface area contributed by atoms with Gasteiger partial charge < -0.3 is 0 Å². The second-order valence-electron chi connectivity index (χ2n) is 1.88. The van der Waals surface area contributed by atoms with Gasteiger partial charge >= 0.3 is 10.2 Å². The molecule has 0 bridgehead atoms. The van der Waals surface area contributed by atoms with Gasteiger partial charge in [-0.2, -0.15) is 8.42 Å². The zero-order chi connectivity index (χ0) is 9.35. The average molecular weight is 319 g/mol. The molecule has 0 atom stereocenters. The van der Waals surface area contributed by atoms with Gasteiger partial charge in [-0.25, -0.2) is 4.98 Å². The quantitative estimate of drug-likeness (QED) is 0.589. The highest BCUT2D eigenvalue weighted by atomic mass is 79.9. The van der Waals surface area contributed by atoms with Crippen molar-refractivity contribution in [3.8, 4) is 0 Å². The number of rotatable bonds is 1. The number of pyridine rings is 1. The molecule has 0 amide bonds. The molecular weight excluding hydrogens is 317 g/mol. The zero-order valence-electron chi connectivity index (χ0n) is 5.46. The Kier molecular flexibility index (Phi) is 2.84. The molecule has 0 aliphatic rings. The molecule has 0 saturated heterocycles. The van der Waals surface area contributed by atoms with Crippen molar-refractivity contribution in [2.45, 2.75) is 4.90 Å². The van der Waals surface area contributed by atoms with Crippen LogP contribution >= 0.6 is 31.9 Å². The van der Waals surface area contributed by atoms with Crippen molar-refractivity contribution in [3.63, 3.8) is 0 Å². The molecule has 1 aromatic heterocycles. The molecule has 12 heavy (non-hydrogen) atoms. The van der Waals surface area contributed by atoms with E-state index in [1.807, 2.05) is 0 Å². The Morgan fingerprint density at radius 2 is 2.00 bits per heavy atom. The molecule has 0 fully saturated rings. The van der Waals surface area contributed by atoms with Gasteiger partial charge in [0.2, 0.25) is 0 Å². The summed E-state index contributed by atoms with van der Waals surface area (Å²) in [6, 6.07) is 1.13. The minimum absolute atomic E-state index is 0.390. The van der Waals surface area contributed by atoms with E-state index in [-0.39, 0.29) is 0 Å². The molecule has 0 N–H and O–H groups in total. The number of halogens is 3. The summed E-state index contributed by atoms with van der Waals surface area (Å²) in [6.45, 7) is 0. The van der Waals surface area contributed by atoms with E-state index in [2.05, 4.69) is 36.8 Å². The number of hydrogen-bond donors (Lipinski definition) is 0. The molecule has 3 nitrogen and oxygen atoms in total. The van der Waals surface area contributed by atoms with Gasteiger partial charge in [0, 0.05) is 6.20 Å². The monoisotopic (exact) mass is 317 g/mol. The number of aromatic nitrogens is 1. The summed E-state index contributed by atoms with van der Waals surface area (Å²) in [5.74, 6) is 0. The van der Waals surface area contributed by atoms with E-state index >= 15 is 0 Å². The van der Waals surface area contributed by atoms with E-state index in [1.165, 1.54) is 0 Å². The third kappa shape index (κ3) is 2.24. The molecule has 0 radical (unpaired) electrons. The maximum atomic E-state index is 12.3. The maximum absolute atomic E-state index is 12.3.